The van der Waals surface area contributed by atoms with Gasteiger partial charge in [-0.2, -0.15) is 20.5 Å². The van der Waals surface area contributed by atoms with Gasteiger partial charge >= 0.3 is 11.9 Å². The van der Waals surface area contributed by atoms with Crippen molar-refractivity contribution in [1.82, 2.24) is 20.3 Å². The summed E-state index contributed by atoms with van der Waals surface area (Å²) in [4.78, 5) is 34.2. The van der Waals surface area contributed by atoms with Gasteiger partial charge in [0.2, 0.25) is 11.6 Å². The van der Waals surface area contributed by atoms with Gasteiger partial charge in [-0.1, -0.05) is 58.8 Å². The summed E-state index contributed by atoms with van der Waals surface area (Å²) < 4.78 is 33.8. The monoisotopic (exact) mass is 819 g/mol. The Kier molecular flexibility index (Phi) is 12.4. The Balaban J connectivity index is 0.775. The largest absolute Gasteiger partial charge is 0.489 e. The average molecular weight is 820 g/mol. The number of nitriles is 2. The van der Waals surface area contributed by atoms with E-state index < -0.39 is 18.0 Å². The van der Waals surface area contributed by atoms with Crippen LogP contribution in [0.4, 0.5) is 0 Å². The van der Waals surface area contributed by atoms with Crippen LogP contribution in [0.5, 0.6) is 11.5 Å². The van der Waals surface area contributed by atoms with Gasteiger partial charge in [-0.3, -0.25) is 9.59 Å². The third-order valence-electron chi connectivity index (χ3n) is 10.6. The third-order valence-corrected chi connectivity index (χ3v) is 10.6. The van der Waals surface area contributed by atoms with Gasteiger partial charge in [0, 0.05) is 22.3 Å². The maximum Gasteiger partial charge on any atom is 0.323 e. The second-order valence-corrected chi connectivity index (χ2v) is 15.0. The number of hydrogen-bond acceptors (Lipinski definition) is 15. The lowest BCUT2D eigenvalue weighted by atomic mass is 10.1. The van der Waals surface area contributed by atoms with E-state index in [0.717, 1.165) is 51.4 Å². The van der Waals surface area contributed by atoms with Crippen molar-refractivity contribution in [2.75, 3.05) is 0 Å². The maximum atomic E-state index is 12.6. The first kappa shape index (κ1) is 40.4. The molecule has 2 N–H and O–H groups in total. The van der Waals surface area contributed by atoms with Crippen LogP contribution in [0.2, 0.25) is 0 Å². The van der Waals surface area contributed by atoms with Crippen LogP contribution in [-0.2, 0) is 32.3 Å². The van der Waals surface area contributed by atoms with Crippen molar-refractivity contribution in [3.8, 4) is 69.3 Å². The molecule has 15 heteroatoms. The fourth-order valence-corrected chi connectivity index (χ4v) is 7.24. The molecule has 4 aromatic carbocycles. The Bertz CT molecular complexity index is 2580. The van der Waals surface area contributed by atoms with Gasteiger partial charge in [0.25, 0.3) is 11.8 Å². The highest BCUT2D eigenvalue weighted by atomic mass is 16.5. The van der Waals surface area contributed by atoms with E-state index in [4.69, 9.17) is 33.7 Å². The van der Waals surface area contributed by atoms with Gasteiger partial charge in [0.05, 0.1) is 29.8 Å². The van der Waals surface area contributed by atoms with Gasteiger partial charge in [-0.15, -0.1) is 0 Å². The minimum Gasteiger partial charge on any atom is -0.489 e. The van der Waals surface area contributed by atoms with E-state index in [9.17, 15) is 20.1 Å². The molecule has 0 aliphatic heterocycles. The summed E-state index contributed by atoms with van der Waals surface area (Å²) in [6.07, 6.45) is 8.35. The molecule has 0 spiro atoms. The van der Waals surface area contributed by atoms with Gasteiger partial charge in [0.1, 0.15) is 42.9 Å². The van der Waals surface area contributed by atoms with Gasteiger partial charge in [-0.25, -0.2) is 0 Å². The summed E-state index contributed by atoms with van der Waals surface area (Å²) in [6, 6.07) is 27.7. The molecule has 61 heavy (non-hydrogen) atoms. The number of ether oxygens (including phenoxy) is 4. The van der Waals surface area contributed by atoms with E-state index in [1.807, 2.05) is 0 Å². The zero-order chi connectivity index (χ0) is 42.1. The molecular weight excluding hydrogens is 779 g/mol. The molecule has 2 aliphatic carbocycles. The molecule has 2 aromatic heterocycles. The Morgan fingerprint density at radius 3 is 1.51 bits per heavy atom. The summed E-state index contributed by atoms with van der Waals surface area (Å²) in [6.45, 7) is -0.107. The average Bonchev–Trinajstić information content (AvgIpc) is 4.15. The molecule has 0 amide bonds. The Hall–Kier alpha value is -7.36. The Morgan fingerprint density at radius 2 is 1.07 bits per heavy atom. The molecular formula is C46H41N7O8. The minimum absolute atomic E-state index is 0.0403. The van der Waals surface area contributed by atoms with Crippen LogP contribution in [0.15, 0.2) is 94.0 Å². The van der Waals surface area contributed by atoms with Crippen LogP contribution in [0.25, 0.3) is 45.7 Å². The van der Waals surface area contributed by atoms with Crippen molar-refractivity contribution in [2.45, 2.75) is 89.3 Å². The third kappa shape index (κ3) is 9.92. The second kappa shape index (κ2) is 18.7. The predicted octanol–water partition coefficient (Wildman–Crippen LogP) is 8.01. The molecule has 15 nitrogen and oxygen atoms in total. The van der Waals surface area contributed by atoms with E-state index >= 15 is 0 Å². The van der Waals surface area contributed by atoms with Crippen LogP contribution in [0.1, 0.15) is 80.0 Å². The van der Waals surface area contributed by atoms with Crippen LogP contribution in [0, 0.1) is 22.7 Å². The molecule has 308 valence electrons. The van der Waals surface area contributed by atoms with E-state index in [0.29, 0.717) is 67.7 Å². The first-order valence-corrected chi connectivity index (χ1v) is 20.2. The van der Waals surface area contributed by atoms with Crippen molar-refractivity contribution in [2.24, 2.45) is 5.73 Å². The number of esters is 2. The fraction of sp³-hybridized carbons (Fsp3) is 0.304. The Morgan fingerprint density at radius 1 is 0.639 bits per heavy atom. The zero-order valence-corrected chi connectivity index (χ0v) is 33.1. The maximum absolute atomic E-state index is 12.6. The quantitative estimate of drug-likeness (QED) is 0.0969. The fourth-order valence-electron chi connectivity index (χ4n) is 7.24. The first-order valence-electron chi connectivity index (χ1n) is 20.2. The smallest absolute Gasteiger partial charge is 0.323 e. The molecule has 8 rings (SSSR count). The van der Waals surface area contributed by atoms with E-state index in [1.54, 1.807) is 84.9 Å². The van der Waals surface area contributed by atoms with Crippen molar-refractivity contribution >= 4 is 11.9 Å². The number of hydrogen-bond donors (Lipinski definition) is 1. The van der Waals surface area contributed by atoms with Crippen LogP contribution < -0.4 is 15.2 Å². The van der Waals surface area contributed by atoms with E-state index in [1.165, 1.54) is 0 Å². The molecule has 2 heterocycles. The number of benzene rings is 4. The SMILES string of the molecule is N#Cc1cc(-c2nc(-c3ccc(COC(=O)C[C@H](N)C(=O)OCc4ccc(-c5noc(-c6ccc(OC7CCCC7)c(C#N)c6)n5)cc4)cc3)no2)ccc1OC1CCCC1. The molecule has 1 atom stereocenters. The lowest BCUT2D eigenvalue weighted by molar-refractivity contribution is -0.153. The lowest BCUT2D eigenvalue weighted by Crippen LogP contribution is -2.35. The van der Waals surface area contributed by atoms with E-state index in [2.05, 4.69) is 32.4 Å². The van der Waals surface area contributed by atoms with Crippen molar-refractivity contribution in [3.63, 3.8) is 0 Å². The second-order valence-electron chi connectivity index (χ2n) is 15.0. The normalized spacial score (nSPS) is 14.5. The predicted molar refractivity (Wildman–Crippen MR) is 218 cm³/mol. The van der Waals surface area contributed by atoms with Crippen LogP contribution in [-0.4, -0.2) is 50.5 Å². The van der Waals surface area contributed by atoms with Crippen molar-refractivity contribution < 1.29 is 37.6 Å². The molecule has 2 fully saturated rings. The number of aromatic nitrogens is 4. The molecule has 2 saturated carbocycles. The molecule has 0 bridgehead atoms. The Labute approximate surface area is 351 Å². The topological polar surface area (TPSA) is 222 Å². The lowest BCUT2D eigenvalue weighted by Gasteiger charge is -2.14. The highest BCUT2D eigenvalue weighted by Crippen LogP contribution is 2.32. The number of nitrogens with two attached hydrogens (primary N) is 1. The van der Waals surface area contributed by atoms with Gasteiger partial charge < -0.3 is 33.7 Å². The number of nitrogens with zero attached hydrogens (tertiary/aromatic N) is 6. The van der Waals surface area contributed by atoms with Gasteiger partial charge in [0.15, 0.2) is 0 Å². The van der Waals surface area contributed by atoms with E-state index in [-0.39, 0.29) is 43.6 Å². The summed E-state index contributed by atoms with van der Waals surface area (Å²) >= 11 is 0. The molecule has 0 unspecified atom stereocenters. The highest BCUT2D eigenvalue weighted by molar-refractivity contribution is 5.82. The highest BCUT2D eigenvalue weighted by Gasteiger charge is 2.23. The molecule has 0 radical (unpaired) electrons. The van der Waals surface area contributed by atoms with Crippen molar-refractivity contribution in [3.05, 3.63) is 107 Å². The van der Waals surface area contributed by atoms with Crippen LogP contribution in [0.3, 0.4) is 0 Å². The van der Waals surface area contributed by atoms with Crippen molar-refractivity contribution in [1.29, 1.82) is 10.5 Å². The van der Waals surface area contributed by atoms with Gasteiger partial charge in [-0.05, 0) is 98.9 Å². The molecule has 6 aromatic rings. The summed E-state index contributed by atoms with van der Waals surface area (Å²) in [5, 5.41) is 27.6. The zero-order valence-electron chi connectivity index (χ0n) is 33.1. The number of rotatable bonds is 15. The number of carbonyl (C=O) groups excluding carboxylic acids is 2. The summed E-state index contributed by atoms with van der Waals surface area (Å²) in [5.74, 6) is 0.915. The first-order chi connectivity index (χ1) is 29.8. The molecule has 0 saturated heterocycles. The summed E-state index contributed by atoms with van der Waals surface area (Å²) in [7, 11) is 0. The van der Waals surface area contributed by atoms with Crippen LogP contribution >= 0.6 is 0 Å². The minimum atomic E-state index is -1.22. The number of carbonyl (C=O) groups is 2. The standard InChI is InChI=1S/C46H41N7O8/c47-24-34-21-32(17-19-39(34)58-36-5-1-2-6-36)44-50-42(52-60-44)30-13-9-28(10-14-30)26-56-41(54)23-38(49)46(55)57-27-29-11-15-31(16-12-29)43-51-45(61-53-43)33-18-20-40(35(22-33)25-48)59-37-7-3-4-8-37/h9-22,36-38H,1-8,23,26-27,49H2/t38-/m0/s1. The summed E-state index contributed by atoms with van der Waals surface area (Å²) in [5.41, 5.74) is 10.7. The molecule has 2 aliphatic rings.